The molecule has 0 saturated carbocycles. The second-order valence-corrected chi connectivity index (χ2v) is 7.83. The van der Waals surface area contributed by atoms with Gasteiger partial charge in [0, 0.05) is 7.05 Å². The van der Waals surface area contributed by atoms with Gasteiger partial charge in [-0.1, -0.05) is 20.3 Å². The third kappa shape index (κ3) is 4.79. The van der Waals surface area contributed by atoms with E-state index in [9.17, 15) is 23.1 Å². The van der Waals surface area contributed by atoms with Gasteiger partial charge in [-0.2, -0.15) is 9.82 Å². The quantitative estimate of drug-likeness (QED) is 0.601. The number of amides is 1. The summed E-state index contributed by atoms with van der Waals surface area (Å²) in [6.07, 6.45) is 0.561. The van der Waals surface area contributed by atoms with Crippen LogP contribution in [0, 0.1) is 19.8 Å². The lowest BCUT2D eigenvalue weighted by atomic mass is 9.99. The van der Waals surface area contributed by atoms with Crippen LogP contribution >= 0.6 is 0 Å². The fourth-order valence-electron chi connectivity index (χ4n) is 2.45. The predicted octanol–water partition coefficient (Wildman–Crippen LogP) is 0.319. The van der Waals surface area contributed by atoms with Crippen molar-refractivity contribution in [2.24, 2.45) is 13.0 Å². The van der Waals surface area contributed by atoms with Crippen molar-refractivity contribution in [2.75, 3.05) is 0 Å². The molecule has 0 aliphatic rings. The van der Waals surface area contributed by atoms with Crippen molar-refractivity contribution in [1.29, 1.82) is 0 Å². The Kier molecular flexibility index (Phi) is 6.72. The SMILES string of the molecule is CC[C@H](C)[C@H](NC(=O)C(C)NS(=O)(=O)c1c(C)nn(C)c1C)C(=O)O. The molecule has 1 rings (SSSR count). The highest BCUT2D eigenvalue weighted by molar-refractivity contribution is 7.89. The molecule has 0 bridgehead atoms. The van der Waals surface area contributed by atoms with E-state index >= 15 is 0 Å². The summed E-state index contributed by atoms with van der Waals surface area (Å²) in [5.41, 5.74) is 0.767. The molecule has 0 fully saturated rings. The van der Waals surface area contributed by atoms with Crippen LogP contribution in [-0.4, -0.2) is 47.3 Å². The summed E-state index contributed by atoms with van der Waals surface area (Å²) < 4.78 is 28.8. The smallest absolute Gasteiger partial charge is 0.326 e. The van der Waals surface area contributed by atoms with Crippen LogP contribution in [0.5, 0.6) is 0 Å². The summed E-state index contributed by atoms with van der Waals surface area (Å²) in [7, 11) is -2.34. The standard InChI is InChI=1S/C15H26N4O5S/c1-7-8(2)12(15(21)22)16-14(20)10(4)18-25(23,24)13-9(3)17-19(6)11(13)5/h8,10,12,18H,7H2,1-6H3,(H,16,20)(H,21,22)/t8-,10?,12-/m0/s1. The first kappa shape index (κ1) is 21.1. The minimum absolute atomic E-state index is 0.0198. The number of hydrogen-bond donors (Lipinski definition) is 3. The maximum absolute atomic E-state index is 12.6. The molecule has 0 spiro atoms. The van der Waals surface area contributed by atoms with Gasteiger partial charge >= 0.3 is 5.97 Å². The Labute approximate surface area is 147 Å². The van der Waals surface area contributed by atoms with Gasteiger partial charge in [0.2, 0.25) is 15.9 Å². The van der Waals surface area contributed by atoms with Gasteiger partial charge in [-0.15, -0.1) is 0 Å². The van der Waals surface area contributed by atoms with Crippen molar-refractivity contribution >= 4 is 21.9 Å². The van der Waals surface area contributed by atoms with Crippen LogP contribution < -0.4 is 10.0 Å². The summed E-state index contributed by atoms with van der Waals surface area (Å²) in [6, 6.07) is -2.21. The number of aliphatic carboxylic acids is 1. The monoisotopic (exact) mass is 374 g/mol. The van der Waals surface area contributed by atoms with Crippen LogP contribution in [-0.2, 0) is 26.7 Å². The molecule has 1 aromatic rings. The van der Waals surface area contributed by atoms with E-state index in [4.69, 9.17) is 0 Å². The maximum Gasteiger partial charge on any atom is 0.326 e. The number of rotatable bonds is 8. The van der Waals surface area contributed by atoms with Gasteiger partial charge < -0.3 is 10.4 Å². The second kappa shape index (κ2) is 7.96. The summed E-state index contributed by atoms with van der Waals surface area (Å²) in [5.74, 6) is -2.14. The van der Waals surface area contributed by atoms with Gasteiger partial charge in [-0.3, -0.25) is 9.48 Å². The van der Waals surface area contributed by atoms with Crippen LogP contribution in [0.2, 0.25) is 0 Å². The van der Waals surface area contributed by atoms with E-state index in [1.807, 2.05) is 6.92 Å². The van der Waals surface area contributed by atoms with Crippen molar-refractivity contribution in [2.45, 2.75) is 58.0 Å². The number of carbonyl (C=O) groups excluding carboxylic acids is 1. The molecule has 3 atom stereocenters. The highest BCUT2D eigenvalue weighted by Gasteiger charge is 2.31. The third-order valence-corrected chi connectivity index (χ3v) is 6.01. The van der Waals surface area contributed by atoms with E-state index in [0.29, 0.717) is 17.8 Å². The second-order valence-electron chi connectivity index (χ2n) is 6.18. The number of sulfonamides is 1. The normalized spacial score (nSPS) is 15.4. The Balaban J connectivity index is 2.95. The third-order valence-electron chi connectivity index (χ3n) is 4.21. The number of nitrogens with zero attached hydrogens (tertiary/aromatic N) is 2. The molecule has 25 heavy (non-hydrogen) atoms. The van der Waals surface area contributed by atoms with Crippen molar-refractivity contribution in [3.8, 4) is 0 Å². The molecule has 1 amide bonds. The number of aromatic nitrogens is 2. The van der Waals surface area contributed by atoms with E-state index in [0.717, 1.165) is 0 Å². The zero-order valence-corrected chi connectivity index (χ0v) is 16.1. The zero-order chi connectivity index (χ0) is 19.5. The molecule has 3 N–H and O–H groups in total. The lowest BCUT2D eigenvalue weighted by Gasteiger charge is -2.22. The predicted molar refractivity (Wildman–Crippen MR) is 91.5 cm³/mol. The Hall–Kier alpha value is -1.94. The van der Waals surface area contributed by atoms with Gasteiger partial charge in [-0.05, 0) is 26.7 Å². The van der Waals surface area contributed by atoms with Gasteiger partial charge in [-0.25, -0.2) is 13.2 Å². The first-order chi connectivity index (χ1) is 11.4. The van der Waals surface area contributed by atoms with Crippen molar-refractivity contribution < 1.29 is 23.1 Å². The summed E-state index contributed by atoms with van der Waals surface area (Å²) in [5, 5.41) is 15.7. The van der Waals surface area contributed by atoms with Crippen molar-refractivity contribution in [3.05, 3.63) is 11.4 Å². The maximum atomic E-state index is 12.6. The van der Waals surface area contributed by atoms with Crippen LogP contribution in [0.25, 0.3) is 0 Å². The lowest BCUT2D eigenvalue weighted by molar-refractivity contribution is -0.143. The van der Waals surface area contributed by atoms with Crippen LogP contribution in [0.15, 0.2) is 4.90 Å². The van der Waals surface area contributed by atoms with Gasteiger partial charge in [0.05, 0.1) is 17.4 Å². The molecular formula is C15H26N4O5S. The topological polar surface area (TPSA) is 130 Å². The summed E-state index contributed by atoms with van der Waals surface area (Å²) in [6.45, 7) is 8.06. The number of carboxylic acid groups (broad SMARTS) is 1. The van der Waals surface area contributed by atoms with Gasteiger partial charge in [0.25, 0.3) is 0 Å². The zero-order valence-electron chi connectivity index (χ0n) is 15.3. The molecule has 1 unspecified atom stereocenters. The fourth-order valence-corrected chi connectivity index (χ4v) is 4.09. The number of carbonyl (C=O) groups is 2. The van der Waals surface area contributed by atoms with E-state index < -0.39 is 34.0 Å². The molecule has 9 nitrogen and oxygen atoms in total. The molecule has 1 aromatic heterocycles. The number of nitrogens with one attached hydrogen (secondary N) is 2. The minimum atomic E-state index is -3.97. The van der Waals surface area contributed by atoms with E-state index in [1.165, 1.54) is 11.6 Å². The fraction of sp³-hybridized carbons (Fsp3) is 0.667. The lowest BCUT2D eigenvalue weighted by Crippen LogP contribution is -2.52. The van der Waals surface area contributed by atoms with Gasteiger partial charge in [0.15, 0.2) is 0 Å². The average molecular weight is 374 g/mol. The van der Waals surface area contributed by atoms with Crippen molar-refractivity contribution in [1.82, 2.24) is 19.8 Å². The van der Waals surface area contributed by atoms with Crippen LogP contribution in [0.3, 0.4) is 0 Å². The molecule has 1 heterocycles. The van der Waals surface area contributed by atoms with Crippen LogP contribution in [0.4, 0.5) is 0 Å². The molecule has 0 aromatic carbocycles. The number of aryl methyl sites for hydroxylation is 2. The number of carboxylic acids is 1. The van der Waals surface area contributed by atoms with Crippen LogP contribution in [0.1, 0.15) is 38.6 Å². The molecular weight excluding hydrogens is 348 g/mol. The van der Waals surface area contributed by atoms with E-state index in [1.54, 1.807) is 27.8 Å². The molecule has 10 heteroatoms. The minimum Gasteiger partial charge on any atom is -0.480 e. The number of hydrogen-bond acceptors (Lipinski definition) is 5. The van der Waals surface area contributed by atoms with Crippen molar-refractivity contribution in [3.63, 3.8) is 0 Å². The highest BCUT2D eigenvalue weighted by atomic mass is 32.2. The first-order valence-electron chi connectivity index (χ1n) is 7.98. The first-order valence-corrected chi connectivity index (χ1v) is 9.46. The Morgan fingerprint density at radius 3 is 2.24 bits per heavy atom. The van der Waals surface area contributed by atoms with E-state index in [2.05, 4.69) is 15.1 Å². The van der Waals surface area contributed by atoms with Gasteiger partial charge in [0.1, 0.15) is 10.9 Å². The van der Waals surface area contributed by atoms with E-state index in [-0.39, 0.29) is 10.8 Å². The Morgan fingerprint density at radius 2 is 1.84 bits per heavy atom. The summed E-state index contributed by atoms with van der Waals surface area (Å²) in [4.78, 5) is 23.6. The largest absolute Gasteiger partial charge is 0.480 e. The molecule has 0 saturated heterocycles. The molecule has 0 aliphatic carbocycles. The molecule has 0 radical (unpaired) electrons. The molecule has 142 valence electrons. The summed E-state index contributed by atoms with van der Waals surface area (Å²) >= 11 is 0. The Morgan fingerprint density at radius 1 is 1.28 bits per heavy atom. The average Bonchev–Trinajstić information content (AvgIpc) is 2.76. The highest BCUT2D eigenvalue weighted by Crippen LogP contribution is 2.18. The molecule has 0 aliphatic heterocycles. The Bertz CT molecular complexity index is 756.